The highest BCUT2D eigenvalue weighted by molar-refractivity contribution is 7.94. The van der Waals surface area contributed by atoms with Crippen molar-refractivity contribution in [3.63, 3.8) is 0 Å². The first kappa shape index (κ1) is 13.5. The maximum atomic E-state index is 12.7. The summed E-state index contributed by atoms with van der Waals surface area (Å²) in [7, 11) is -3.52. The van der Waals surface area contributed by atoms with Gasteiger partial charge < -0.3 is 0 Å². The molecule has 3 heterocycles. The highest BCUT2D eigenvalue weighted by atomic mass is 32.2. The molecule has 2 aromatic heterocycles. The van der Waals surface area contributed by atoms with Crippen molar-refractivity contribution >= 4 is 27.0 Å². The van der Waals surface area contributed by atoms with Crippen molar-refractivity contribution in [2.75, 3.05) is 10.8 Å². The normalized spacial score (nSPS) is 15.2. The van der Waals surface area contributed by atoms with Gasteiger partial charge >= 0.3 is 0 Å². The smallest absolute Gasteiger partial charge is 0.264 e. The number of rotatable bonds is 3. The molecule has 2 aromatic rings. The third kappa shape index (κ3) is 2.20. The van der Waals surface area contributed by atoms with Gasteiger partial charge in [-0.05, 0) is 31.4 Å². The van der Waals surface area contributed by atoms with Gasteiger partial charge in [0.15, 0.2) is 4.21 Å². The van der Waals surface area contributed by atoms with Gasteiger partial charge in [-0.2, -0.15) is 0 Å². The SMILES string of the molecule is CCc1ncc(S(=O)(=O)N2CCCc3ncccc32)s1. The average Bonchev–Trinajstić information content (AvgIpc) is 2.96. The van der Waals surface area contributed by atoms with Crippen molar-refractivity contribution < 1.29 is 8.42 Å². The third-order valence-electron chi connectivity index (χ3n) is 3.29. The minimum Gasteiger partial charge on any atom is -0.264 e. The molecular weight excluding hydrogens is 294 g/mol. The monoisotopic (exact) mass is 309 g/mol. The standard InChI is InChI=1S/C13H15N3O2S2/c1-2-12-15-9-13(19-12)20(17,18)16-8-4-5-10-11(16)6-3-7-14-10/h3,6-7,9H,2,4-5,8H2,1H3. The summed E-state index contributed by atoms with van der Waals surface area (Å²) in [6, 6.07) is 3.59. The van der Waals surface area contributed by atoms with Gasteiger partial charge in [-0.15, -0.1) is 11.3 Å². The van der Waals surface area contributed by atoms with Crippen LogP contribution in [-0.2, 0) is 22.9 Å². The predicted molar refractivity (Wildman–Crippen MR) is 78.6 cm³/mol. The van der Waals surface area contributed by atoms with E-state index in [0.717, 1.165) is 30.0 Å². The van der Waals surface area contributed by atoms with Crippen LogP contribution >= 0.6 is 11.3 Å². The molecule has 106 valence electrons. The van der Waals surface area contributed by atoms with Crippen molar-refractivity contribution in [1.29, 1.82) is 0 Å². The topological polar surface area (TPSA) is 63.2 Å². The van der Waals surface area contributed by atoms with E-state index in [9.17, 15) is 8.42 Å². The minimum absolute atomic E-state index is 0.311. The summed E-state index contributed by atoms with van der Waals surface area (Å²) in [5.74, 6) is 0. The number of nitrogens with zero attached hydrogens (tertiary/aromatic N) is 3. The van der Waals surface area contributed by atoms with Gasteiger partial charge in [-0.3, -0.25) is 9.29 Å². The second-order valence-electron chi connectivity index (χ2n) is 4.58. The number of aryl methyl sites for hydroxylation is 2. The summed E-state index contributed by atoms with van der Waals surface area (Å²) in [5.41, 5.74) is 1.55. The van der Waals surface area contributed by atoms with Crippen LogP contribution in [0.15, 0.2) is 28.7 Å². The quantitative estimate of drug-likeness (QED) is 0.872. The predicted octanol–water partition coefficient (Wildman–Crippen LogP) is 2.24. The molecule has 1 aliphatic heterocycles. The molecular formula is C13H15N3O2S2. The van der Waals surface area contributed by atoms with E-state index >= 15 is 0 Å². The lowest BCUT2D eigenvalue weighted by atomic mass is 10.1. The van der Waals surface area contributed by atoms with Gasteiger partial charge in [0.05, 0.1) is 22.6 Å². The number of pyridine rings is 1. The number of hydrogen-bond donors (Lipinski definition) is 0. The molecule has 0 unspecified atom stereocenters. The fourth-order valence-electron chi connectivity index (χ4n) is 2.29. The second kappa shape index (κ2) is 5.14. The molecule has 0 amide bonds. The Balaban J connectivity index is 2.04. The Morgan fingerprint density at radius 3 is 3.00 bits per heavy atom. The molecule has 0 fully saturated rings. The molecule has 0 atom stereocenters. The van der Waals surface area contributed by atoms with E-state index in [1.54, 1.807) is 12.3 Å². The second-order valence-corrected chi connectivity index (χ2v) is 7.78. The number of aromatic nitrogens is 2. The molecule has 7 heteroatoms. The fourth-order valence-corrected chi connectivity index (χ4v) is 5.06. The van der Waals surface area contributed by atoms with Crippen LogP contribution < -0.4 is 4.31 Å². The molecule has 0 spiro atoms. The Kier molecular flexibility index (Phi) is 3.47. The van der Waals surface area contributed by atoms with E-state index < -0.39 is 10.0 Å². The molecule has 3 rings (SSSR count). The van der Waals surface area contributed by atoms with Crippen LogP contribution in [0.25, 0.3) is 0 Å². The van der Waals surface area contributed by atoms with Gasteiger partial charge in [-0.25, -0.2) is 13.4 Å². The summed E-state index contributed by atoms with van der Waals surface area (Å²) in [6.45, 7) is 2.47. The Bertz CT molecular complexity index is 725. The number of anilines is 1. The van der Waals surface area contributed by atoms with Crippen molar-refractivity contribution in [2.45, 2.75) is 30.4 Å². The first-order valence-electron chi connectivity index (χ1n) is 6.54. The Hall–Kier alpha value is -1.47. The van der Waals surface area contributed by atoms with Crippen molar-refractivity contribution in [2.24, 2.45) is 0 Å². The Labute approximate surface area is 122 Å². The molecule has 0 bridgehead atoms. The number of thiazole rings is 1. The van der Waals surface area contributed by atoms with Gasteiger partial charge in [0, 0.05) is 12.7 Å². The van der Waals surface area contributed by atoms with Gasteiger partial charge in [0.25, 0.3) is 10.0 Å². The molecule has 0 saturated heterocycles. The number of sulfonamides is 1. The van der Waals surface area contributed by atoms with E-state index in [1.165, 1.54) is 21.8 Å². The van der Waals surface area contributed by atoms with Crippen LogP contribution in [0.3, 0.4) is 0 Å². The lowest BCUT2D eigenvalue weighted by Gasteiger charge is -2.28. The molecule has 0 aromatic carbocycles. The highest BCUT2D eigenvalue weighted by Crippen LogP contribution is 2.32. The van der Waals surface area contributed by atoms with E-state index in [1.807, 2.05) is 13.0 Å². The maximum absolute atomic E-state index is 12.7. The van der Waals surface area contributed by atoms with Gasteiger partial charge in [0.1, 0.15) is 0 Å². The van der Waals surface area contributed by atoms with Crippen LogP contribution in [0.4, 0.5) is 5.69 Å². The molecule has 0 radical (unpaired) electrons. The summed E-state index contributed by atoms with van der Waals surface area (Å²) < 4.78 is 27.3. The lowest BCUT2D eigenvalue weighted by Crippen LogP contribution is -2.35. The van der Waals surface area contributed by atoms with Crippen LogP contribution in [0.1, 0.15) is 24.0 Å². The summed E-state index contributed by atoms with van der Waals surface area (Å²) in [5, 5.41) is 0.840. The van der Waals surface area contributed by atoms with Crippen LogP contribution in [-0.4, -0.2) is 24.9 Å². The van der Waals surface area contributed by atoms with Crippen molar-refractivity contribution in [1.82, 2.24) is 9.97 Å². The van der Waals surface area contributed by atoms with E-state index in [2.05, 4.69) is 9.97 Å². The first-order chi connectivity index (χ1) is 9.63. The van der Waals surface area contributed by atoms with Gasteiger partial charge in [-0.1, -0.05) is 6.92 Å². The largest absolute Gasteiger partial charge is 0.275 e. The van der Waals surface area contributed by atoms with Crippen LogP contribution in [0.2, 0.25) is 0 Å². The van der Waals surface area contributed by atoms with E-state index in [-0.39, 0.29) is 0 Å². The fraction of sp³-hybridized carbons (Fsp3) is 0.385. The highest BCUT2D eigenvalue weighted by Gasteiger charge is 2.31. The third-order valence-corrected chi connectivity index (χ3v) is 6.68. The van der Waals surface area contributed by atoms with Gasteiger partial charge in [0.2, 0.25) is 0 Å². The summed E-state index contributed by atoms with van der Waals surface area (Å²) in [4.78, 5) is 8.43. The summed E-state index contributed by atoms with van der Waals surface area (Å²) >= 11 is 1.25. The van der Waals surface area contributed by atoms with E-state index in [0.29, 0.717) is 16.4 Å². The van der Waals surface area contributed by atoms with Crippen molar-refractivity contribution in [3.8, 4) is 0 Å². The average molecular weight is 309 g/mol. The zero-order valence-corrected chi connectivity index (χ0v) is 12.7. The number of fused-ring (bicyclic) bond motifs is 1. The maximum Gasteiger partial charge on any atom is 0.275 e. The molecule has 5 nitrogen and oxygen atoms in total. The van der Waals surface area contributed by atoms with E-state index in [4.69, 9.17) is 0 Å². The molecule has 0 N–H and O–H groups in total. The van der Waals surface area contributed by atoms with Crippen molar-refractivity contribution in [3.05, 3.63) is 35.2 Å². The molecule has 0 saturated carbocycles. The zero-order valence-electron chi connectivity index (χ0n) is 11.1. The zero-order chi connectivity index (χ0) is 14.2. The molecule has 0 aliphatic carbocycles. The Morgan fingerprint density at radius 1 is 1.40 bits per heavy atom. The lowest BCUT2D eigenvalue weighted by molar-refractivity contribution is 0.587. The first-order valence-corrected chi connectivity index (χ1v) is 8.80. The Morgan fingerprint density at radius 2 is 2.25 bits per heavy atom. The number of hydrogen-bond acceptors (Lipinski definition) is 5. The minimum atomic E-state index is -3.52. The molecule has 20 heavy (non-hydrogen) atoms. The van der Waals surface area contributed by atoms with Crippen LogP contribution in [0.5, 0.6) is 0 Å². The molecule has 1 aliphatic rings. The van der Waals surface area contributed by atoms with Crippen LogP contribution in [0, 0.1) is 0 Å². The summed E-state index contributed by atoms with van der Waals surface area (Å²) in [6.07, 6.45) is 5.53.